The van der Waals surface area contributed by atoms with Crippen LogP contribution < -0.4 is 5.90 Å². The van der Waals surface area contributed by atoms with Crippen molar-refractivity contribution >= 4 is 5.69 Å². The highest BCUT2D eigenvalue weighted by Gasteiger charge is 2.29. The van der Waals surface area contributed by atoms with Crippen molar-refractivity contribution in [2.75, 3.05) is 0 Å². The molecular formula is C10H14N2O3. The quantitative estimate of drug-likeness (QED) is 0.611. The normalized spacial score (nSPS) is 11.5. The van der Waals surface area contributed by atoms with Crippen molar-refractivity contribution in [2.45, 2.75) is 26.4 Å². The van der Waals surface area contributed by atoms with Crippen molar-refractivity contribution in [3.63, 3.8) is 0 Å². The Kier molecular flexibility index (Phi) is 3.06. The molecule has 0 aliphatic rings. The van der Waals surface area contributed by atoms with Crippen LogP contribution in [0.5, 0.6) is 0 Å². The van der Waals surface area contributed by atoms with Crippen LogP contribution in [0.1, 0.15) is 25.0 Å². The number of nitrogens with zero attached hydrogens (tertiary/aromatic N) is 1. The van der Waals surface area contributed by atoms with Crippen LogP contribution in [0.2, 0.25) is 0 Å². The second-order valence-electron chi connectivity index (χ2n) is 3.91. The number of nitrogens with two attached hydrogens (primary N) is 1. The molecule has 0 aliphatic heterocycles. The zero-order valence-electron chi connectivity index (χ0n) is 8.98. The van der Waals surface area contributed by atoms with Crippen LogP contribution in [-0.2, 0) is 10.4 Å². The molecule has 1 aromatic rings. The summed E-state index contributed by atoms with van der Waals surface area (Å²) in [5, 5.41) is 10.8. The second kappa shape index (κ2) is 3.96. The molecule has 0 heterocycles. The molecule has 0 saturated carbocycles. The standard InChI is InChI=1S/C10H14N2O3/c1-7-4-5-9(12(13)14)8(6-7)10(2,3)15-11/h4-6H,11H2,1-3H3. The molecule has 0 amide bonds. The van der Waals surface area contributed by atoms with Crippen LogP contribution >= 0.6 is 0 Å². The Morgan fingerprint density at radius 2 is 2.07 bits per heavy atom. The lowest BCUT2D eigenvalue weighted by Crippen LogP contribution is -2.26. The summed E-state index contributed by atoms with van der Waals surface area (Å²) in [4.78, 5) is 15.1. The van der Waals surface area contributed by atoms with Gasteiger partial charge in [0, 0.05) is 6.07 Å². The molecule has 1 aromatic carbocycles. The fourth-order valence-corrected chi connectivity index (χ4v) is 1.35. The van der Waals surface area contributed by atoms with Gasteiger partial charge >= 0.3 is 0 Å². The van der Waals surface area contributed by atoms with Crippen molar-refractivity contribution in [3.05, 3.63) is 39.4 Å². The zero-order valence-corrected chi connectivity index (χ0v) is 8.98. The van der Waals surface area contributed by atoms with E-state index in [1.165, 1.54) is 6.07 Å². The Balaban J connectivity index is 3.37. The average Bonchev–Trinajstić information content (AvgIpc) is 2.17. The van der Waals surface area contributed by atoms with Crippen molar-refractivity contribution in [3.8, 4) is 0 Å². The predicted molar refractivity (Wildman–Crippen MR) is 56.1 cm³/mol. The molecule has 5 nitrogen and oxygen atoms in total. The highest BCUT2D eigenvalue weighted by Crippen LogP contribution is 2.31. The summed E-state index contributed by atoms with van der Waals surface area (Å²) in [5.41, 5.74) is 0.570. The van der Waals surface area contributed by atoms with Crippen LogP contribution in [0.15, 0.2) is 18.2 Å². The summed E-state index contributed by atoms with van der Waals surface area (Å²) in [6.45, 7) is 5.24. The largest absolute Gasteiger partial charge is 0.294 e. The molecule has 0 saturated heterocycles. The molecule has 0 aromatic heterocycles. The fraction of sp³-hybridized carbons (Fsp3) is 0.400. The summed E-state index contributed by atoms with van der Waals surface area (Å²) in [7, 11) is 0. The highest BCUT2D eigenvalue weighted by atomic mass is 16.6. The maximum Gasteiger partial charge on any atom is 0.275 e. The van der Waals surface area contributed by atoms with E-state index in [2.05, 4.69) is 0 Å². The van der Waals surface area contributed by atoms with Crippen molar-refractivity contribution in [1.29, 1.82) is 0 Å². The van der Waals surface area contributed by atoms with Gasteiger partial charge in [0.25, 0.3) is 5.69 Å². The average molecular weight is 210 g/mol. The van der Waals surface area contributed by atoms with E-state index in [1.807, 2.05) is 6.92 Å². The van der Waals surface area contributed by atoms with Crippen molar-refractivity contribution in [2.24, 2.45) is 5.90 Å². The van der Waals surface area contributed by atoms with Gasteiger partial charge in [-0.15, -0.1) is 0 Å². The summed E-state index contributed by atoms with van der Waals surface area (Å²) < 4.78 is 0. The summed E-state index contributed by atoms with van der Waals surface area (Å²) >= 11 is 0. The SMILES string of the molecule is Cc1ccc([N+](=O)[O-])c(C(C)(C)ON)c1. The lowest BCUT2D eigenvalue weighted by atomic mass is 9.95. The minimum absolute atomic E-state index is 0.0241. The first-order valence-corrected chi connectivity index (χ1v) is 4.52. The van der Waals surface area contributed by atoms with Gasteiger partial charge in [0.05, 0.1) is 10.5 Å². The summed E-state index contributed by atoms with van der Waals surface area (Å²) in [6.07, 6.45) is 0. The van der Waals surface area contributed by atoms with Gasteiger partial charge in [0.2, 0.25) is 0 Å². The molecule has 5 heteroatoms. The van der Waals surface area contributed by atoms with Gasteiger partial charge in [-0.3, -0.25) is 15.0 Å². The number of hydrogen-bond donors (Lipinski definition) is 1. The maximum absolute atomic E-state index is 10.8. The number of nitro benzene ring substituents is 1. The first-order chi connectivity index (χ1) is 6.88. The smallest absolute Gasteiger partial charge is 0.275 e. The third kappa shape index (κ3) is 2.31. The predicted octanol–water partition coefficient (Wildman–Crippen LogP) is 2.03. The van der Waals surface area contributed by atoms with E-state index in [9.17, 15) is 10.1 Å². The third-order valence-corrected chi connectivity index (χ3v) is 2.29. The van der Waals surface area contributed by atoms with Gasteiger partial charge < -0.3 is 0 Å². The molecule has 0 radical (unpaired) electrons. The third-order valence-electron chi connectivity index (χ3n) is 2.29. The maximum atomic E-state index is 10.8. The molecule has 1 rings (SSSR count). The molecule has 0 aliphatic carbocycles. The van der Waals surface area contributed by atoms with E-state index < -0.39 is 10.5 Å². The molecular weight excluding hydrogens is 196 g/mol. The number of rotatable bonds is 3. The van der Waals surface area contributed by atoms with Crippen LogP contribution in [0.4, 0.5) is 5.69 Å². The van der Waals surface area contributed by atoms with E-state index in [1.54, 1.807) is 26.0 Å². The fourth-order valence-electron chi connectivity index (χ4n) is 1.35. The van der Waals surface area contributed by atoms with E-state index in [0.29, 0.717) is 5.56 Å². The Bertz CT molecular complexity index is 388. The van der Waals surface area contributed by atoms with E-state index >= 15 is 0 Å². The monoisotopic (exact) mass is 210 g/mol. The number of aryl methyl sites for hydroxylation is 1. The Hall–Kier alpha value is -1.46. The summed E-state index contributed by atoms with van der Waals surface area (Å²) in [5.74, 6) is 5.13. The van der Waals surface area contributed by atoms with Crippen LogP contribution in [0.25, 0.3) is 0 Å². The van der Waals surface area contributed by atoms with Crippen LogP contribution in [0, 0.1) is 17.0 Å². The van der Waals surface area contributed by atoms with Crippen LogP contribution in [0.3, 0.4) is 0 Å². The Morgan fingerprint density at radius 3 is 2.53 bits per heavy atom. The van der Waals surface area contributed by atoms with Crippen molar-refractivity contribution < 1.29 is 9.76 Å². The lowest BCUT2D eigenvalue weighted by molar-refractivity contribution is -0.386. The number of hydrogen-bond acceptors (Lipinski definition) is 4. The van der Waals surface area contributed by atoms with Gasteiger partial charge in [-0.1, -0.05) is 11.6 Å². The molecule has 0 fully saturated rings. The number of nitro groups is 1. The van der Waals surface area contributed by atoms with Gasteiger partial charge in [0.15, 0.2) is 0 Å². The number of benzene rings is 1. The summed E-state index contributed by atoms with van der Waals surface area (Å²) in [6, 6.07) is 4.87. The van der Waals surface area contributed by atoms with E-state index in [4.69, 9.17) is 10.7 Å². The first-order valence-electron chi connectivity index (χ1n) is 4.52. The molecule has 15 heavy (non-hydrogen) atoms. The zero-order chi connectivity index (χ0) is 11.6. The van der Waals surface area contributed by atoms with Crippen molar-refractivity contribution in [1.82, 2.24) is 0 Å². The Morgan fingerprint density at radius 1 is 1.47 bits per heavy atom. The van der Waals surface area contributed by atoms with Gasteiger partial charge in [-0.25, -0.2) is 5.90 Å². The highest BCUT2D eigenvalue weighted by molar-refractivity contribution is 5.45. The second-order valence-corrected chi connectivity index (χ2v) is 3.91. The van der Waals surface area contributed by atoms with Gasteiger partial charge in [-0.2, -0.15) is 0 Å². The minimum atomic E-state index is -0.867. The van der Waals surface area contributed by atoms with Gasteiger partial charge in [-0.05, 0) is 26.8 Å². The lowest BCUT2D eigenvalue weighted by Gasteiger charge is -2.22. The van der Waals surface area contributed by atoms with Crippen LogP contribution in [-0.4, -0.2) is 4.92 Å². The first kappa shape index (κ1) is 11.6. The van der Waals surface area contributed by atoms with E-state index in [-0.39, 0.29) is 5.69 Å². The Labute approximate surface area is 88.0 Å². The molecule has 0 bridgehead atoms. The molecule has 0 unspecified atom stereocenters. The molecule has 0 spiro atoms. The topological polar surface area (TPSA) is 78.4 Å². The molecule has 2 N–H and O–H groups in total. The molecule has 82 valence electrons. The minimum Gasteiger partial charge on any atom is -0.294 e. The van der Waals surface area contributed by atoms with Gasteiger partial charge in [0.1, 0.15) is 5.60 Å². The van der Waals surface area contributed by atoms with E-state index in [0.717, 1.165) is 5.56 Å². The molecule has 0 atom stereocenters.